The highest BCUT2D eigenvalue weighted by Gasteiger charge is 2.14. The first-order valence-electron chi connectivity index (χ1n) is 4.86. The van der Waals surface area contributed by atoms with Crippen LogP contribution in [-0.4, -0.2) is 18.0 Å². The Labute approximate surface area is 98.5 Å². The number of methoxy groups -OCH3 is 1. The lowest BCUT2D eigenvalue weighted by atomic mass is 10.1. The first-order chi connectivity index (χ1) is 8.06. The fourth-order valence-corrected chi connectivity index (χ4v) is 1.29. The van der Waals surface area contributed by atoms with Crippen LogP contribution >= 0.6 is 0 Å². The second-order valence-electron chi connectivity index (χ2n) is 3.28. The Hall–Kier alpha value is -2.35. The molecule has 1 aromatic carbocycles. The van der Waals surface area contributed by atoms with Gasteiger partial charge in [-0.25, -0.2) is 0 Å². The number of ether oxygens (including phenoxy) is 1. The third kappa shape index (κ3) is 3.31. The molecule has 88 valence electrons. The SMILES string of the molecule is COC(=O)CC#Cc1cccc(C)c1[N+](=O)[O-]. The van der Waals surface area contributed by atoms with Crippen molar-refractivity contribution in [3.05, 3.63) is 39.4 Å². The van der Waals surface area contributed by atoms with Crippen molar-refractivity contribution in [2.75, 3.05) is 7.11 Å². The minimum absolute atomic E-state index is 0.0233. The fourth-order valence-electron chi connectivity index (χ4n) is 1.29. The Balaban J connectivity index is 3.02. The number of aryl methyl sites for hydroxylation is 1. The van der Waals surface area contributed by atoms with Crippen LogP contribution in [0.5, 0.6) is 0 Å². The fraction of sp³-hybridized carbons (Fsp3) is 0.250. The third-order valence-electron chi connectivity index (χ3n) is 2.10. The number of para-hydroxylation sites is 1. The molecule has 0 aliphatic carbocycles. The molecule has 0 aromatic heterocycles. The number of hydrogen-bond donors (Lipinski definition) is 0. The van der Waals surface area contributed by atoms with Crippen LogP contribution in [-0.2, 0) is 9.53 Å². The van der Waals surface area contributed by atoms with Gasteiger partial charge in [0.1, 0.15) is 12.0 Å². The lowest BCUT2D eigenvalue weighted by molar-refractivity contribution is -0.385. The zero-order valence-corrected chi connectivity index (χ0v) is 9.52. The van der Waals surface area contributed by atoms with Crippen molar-refractivity contribution in [1.29, 1.82) is 0 Å². The zero-order chi connectivity index (χ0) is 12.8. The number of nitrogens with zero attached hydrogens (tertiary/aromatic N) is 1. The van der Waals surface area contributed by atoms with Crippen molar-refractivity contribution in [2.24, 2.45) is 0 Å². The van der Waals surface area contributed by atoms with Gasteiger partial charge in [-0.3, -0.25) is 14.9 Å². The normalized spacial score (nSPS) is 9.06. The summed E-state index contributed by atoms with van der Waals surface area (Å²) in [6, 6.07) is 4.88. The number of rotatable bonds is 2. The molecule has 0 N–H and O–H groups in total. The van der Waals surface area contributed by atoms with E-state index in [1.165, 1.54) is 7.11 Å². The molecule has 0 amide bonds. The van der Waals surface area contributed by atoms with Gasteiger partial charge in [-0.15, -0.1) is 0 Å². The largest absolute Gasteiger partial charge is 0.468 e. The number of carbonyl (C=O) groups excluding carboxylic acids is 1. The summed E-state index contributed by atoms with van der Waals surface area (Å²) in [6.07, 6.45) is -0.0817. The maximum Gasteiger partial charge on any atom is 0.317 e. The Morgan fingerprint density at radius 3 is 2.82 bits per heavy atom. The number of esters is 1. The predicted octanol–water partition coefficient (Wildman–Crippen LogP) is 1.82. The average molecular weight is 233 g/mol. The number of nitro benzene ring substituents is 1. The molecule has 5 heteroatoms. The van der Waals surface area contributed by atoms with Gasteiger partial charge >= 0.3 is 5.97 Å². The summed E-state index contributed by atoms with van der Waals surface area (Å²) in [6.45, 7) is 1.64. The topological polar surface area (TPSA) is 69.4 Å². The second kappa shape index (κ2) is 5.66. The predicted molar refractivity (Wildman–Crippen MR) is 61.3 cm³/mol. The van der Waals surface area contributed by atoms with Crippen LogP contribution in [0.1, 0.15) is 17.5 Å². The molecule has 0 aliphatic heterocycles. The van der Waals surface area contributed by atoms with E-state index in [1.807, 2.05) is 0 Å². The quantitative estimate of drug-likeness (QED) is 0.338. The molecule has 0 fully saturated rings. The van der Waals surface area contributed by atoms with Crippen LogP contribution < -0.4 is 0 Å². The van der Waals surface area contributed by atoms with Crippen molar-refractivity contribution in [3.63, 3.8) is 0 Å². The molecular formula is C12H11NO4. The van der Waals surface area contributed by atoms with Gasteiger partial charge in [-0.05, 0) is 13.0 Å². The van der Waals surface area contributed by atoms with E-state index in [0.717, 1.165) is 0 Å². The minimum atomic E-state index is -0.475. The van der Waals surface area contributed by atoms with E-state index < -0.39 is 10.9 Å². The molecule has 0 saturated heterocycles. The third-order valence-corrected chi connectivity index (χ3v) is 2.10. The van der Waals surface area contributed by atoms with E-state index in [1.54, 1.807) is 25.1 Å². The molecule has 1 rings (SSSR count). The average Bonchev–Trinajstić information content (AvgIpc) is 2.28. The molecule has 0 saturated carbocycles. The van der Waals surface area contributed by atoms with Crippen LogP contribution in [0.4, 0.5) is 5.69 Å². The maximum atomic E-state index is 10.8. The highest BCUT2D eigenvalue weighted by atomic mass is 16.6. The standard InChI is InChI=1S/C12H11NO4/c1-9-5-3-6-10(12(9)13(15)16)7-4-8-11(14)17-2/h3,5-6H,8H2,1-2H3. The van der Waals surface area contributed by atoms with Crippen molar-refractivity contribution in [3.8, 4) is 11.8 Å². The number of nitro groups is 1. The lowest BCUT2D eigenvalue weighted by Crippen LogP contribution is -1.98. The van der Waals surface area contributed by atoms with Gasteiger partial charge in [0.2, 0.25) is 0 Å². The Morgan fingerprint density at radius 1 is 1.53 bits per heavy atom. The highest BCUT2D eigenvalue weighted by molar-refractivity contribution is 5.72. The zero-order valence-electron chi connectivity index (χ0n) is 9.52. The summed E-state index contributed by atoms with van der Waals surface area (Å²) in [4.78, 5) is 21.2. The molecule has 0 heterocycles. The van der Waals surface area contributed by atoms with E-state index in [4.69, 9.17) is 0 Å². The van der Waals surface area contributed by atoms with Gasteiger partial charge in [-0.2, -0.15) is 0 Å². The molecule has 0 atom stereocenters. The van der Waals surface area contributed by atoms with Crippen molar-refractivity contribution in [1.82, 2.24) is 0 Å². The molecule has 0 spiro atoms. The van der Waals surface area contributed by atoms with Gasteiger partial charge < -0.3 is 4.74 Å². The number of benzene rings is 1. The summed E-state index contributed by atoms with van der Waals surface area (Å²) in [5.74, 6) is 4.69. The van der Waals surface area contributed by atoms with Crippen molar-refractivity contribution < 1.29 is 14.5 Å². The molecule has 0 aliphatic rings. The molecule has 17 heavy (non-hydrogen) atoms. The van der Waals surface area contributed by atoms with Crippen LogP contribution in [0, 0.1) is 28.9 Å². The lowest BCUT2D eigenvalue weighted by Gasteiger charge is -1.98. The molecule has 5 nitrogen and oxygen atoms in total. The minimum Gasteiger partial charge on any atom is -0.468 e. The summed E-state index contributed by atoms with van der Waals surface area (Å²) in [5.41, 5.74) is 0.823. The monoisotopic (exact) mass is 233 g/mol. The maximum absolute atomic E-state index is 10.8. The summed E-state index contributed by atoms with van der Waals surface area (Å²) < 4.78 is 4.41. The van der Waals surface area contributed by atoms with Crippen LogP contribution in [0.15, 0.2) is 18.2 Å². The molecule has 0 unspecified atom stereocenters. The molecule has 0 radical (unpaired) electrons. The smallest absolute Gasteiger partial charge is 0.317 e. The first-order valence-corrected chi connectivity index (χ1v) is 4.86. The van der Waals surface area contributed by atoms with Gasteiger partial charge in [0, 0.05) is 5.56 Å². The van der Waals surface area contributed by atoms with Crippen LogP contribution in [0.3, 0.4) is 0 Å². The van der Waals surface area contributed by atoms with Gasteiger partial charge in [-0.1, -0.05) is 24.0 Å². The van der Waals surface area contributed by atoms with Crippen LogP contribution in [0.25, 0.3) is 0 Å². The van der Waals surface area contributed by atoms with Crippen molar-refractivity contribution >= 4 is 11.7 Å². The summed E-state index contributed by atoms with van der Waals surface area (Å²) in [5, 5.41) is 10.8. The van der Waals surface area contributed by atoms with Gasteiger partial charge in [0.25, 0.3) is 5.69 Å². The Kier molecular flexibility index (Phi) is 4.23. The van der Waals surface area contributed by atoms with E-state index >= 15 is 0 Å². The van der Waals surface area contributed by atoms with E-state index in [0.29, 0.717) is 11.1 Å². The highest BCUT2D eigenvalue weighted by Crippen LogP contribution is 2.21. The summed E-state index contributed by atoms with van der Waals surface area (Å²) >= 11 is 0. The van der Waals surface area contributed by atoms with Gasteiger partial charge in [0.05, 0.1) is 12.0 Å². The van der Waals surface area contributed by atoms with Gasteiger partial charge in [0.15, 0.2) is 0 Å². The Bertz CT molecular complexity index is 511. The van der Waals surface area contributed by atoms with E-state index in [2.05, 4.69) is 16.6 Å². The second-order valence-corrected chi connectivity index (χ2v) is 3.28. The summed E-state index contributed by atoms with van der Waals surface area (Å²) in [7, 11) is 1.26. The number of carbonyl (C=O) groups is 1. The van der Waals surface area contributed by atoms with E-state index in [-0.39, 0.29) is 12.1 Å². The molecule has 0 bridgehead atoms. The first kappa shape index (κ1) is 12.7. The number of hydrogen-bond acceptors (Lipinski definition) is 4. The molecule has 1 aromatic rings. The van der Waals surface area contributed by atoms with Crippen molar-refractivity contribution in [2.45, 2.75) is 13.3 Å². The molecular weight excluding hydrogens is 222 g/mol. The Morgan fingerprint density at radius 2 is 2.24 bits per heavy atom. The van der Waals surface area contributed by atoms with E-state index in [9.17, 15) is 14.9 Å². The van der Waals surface area contributed by atoms with Crippen LogP contribution in [0.2, 0.25) is 0 Å².